The molecule has 2 rings (SSSR count). The number of pyridine rings is 1. The monoisotopic (exact) mass is 245 g/mol. The van der Waals surface area contributed by atoms with E-state index in [1.165, 1.54) is 4.90 Å². The predicted molar refractivity (Wildman–Crippen MR) is 67.3 cm³/mol. The van der Waals surface area contributed by atoms with E-state index in [1.54, 1.807) is 37.2 Å². The Morgan fingerprint density at radius 1 is 1.39 bits per heavy atom. The Bertz CT molecular complexity index is 544. The summed E-state index contributed by atoms with van der Waals surface area (Å²) in [5.74, 6) is 0.525. The molecule has 6 nitrogen and oxygen atoms in total. The second kappa shape index (κ2) is 4.97. The summed E-state index contributed by atoms with van der Waals surface area (Å²) in [5.41, 5.74) is 6.85. The molecular weight excluding hydrogens is 230 g/mol. The van der Waals surface area contributed by atoms with Crippen molar-refractivity contribution in [2.45, 2.75) is 6.54 Å². The summed E-state index contributed by atoms with van der Waals surface area (Å²) in [6.45, 7) is 0.455. The highest BCUT2D eigenvalue weighted by Crippen LogP contribution is 2.07. The number of rotatable bonds is 3. The van der Waals surface area contributed by atoms with Crippen molar-refractivity contribution in [3.8, 4) is 5.82 Å². The van der Waals surface area contributed by atoms with Crippen LogP contribution >= 0.6 is 0 Å². The summed E-state index contributed by atoms with van der Waals surface area (Å²) in [6, 6.07) is 5.37. The smallest absolute Gasteiger partial charge is 0.273 e. The van der Waals surface area contributed by atoms with Gasteiger partial charge < -0.3 is 10.6 Å². The first-order valence-electron chi connectivity index (χ1n) is 5.54. The highest BCUT2D eigenvalue weighted by atomic mass is 16.2. The minimum Gasteiger partial charge on any atom is -0.343 e. The van der Waals surface area contributed by atoms with Gasteiger partial charge in [0.1, 0.15) is 0 Å². The zero-order valence-electron chi connectivity index (χ0n) is 10.4. The van der Waals surface area contributed by atoms with E-state index in [2.05, 4.69) is 10.1 Å². The minimum atomic E-state index is -0.132. The lowest BCUT2D eigenvalue weighted by Crippen LogP contribution is -2.22. The molecule has 2 N–H and O–H groups in total. The Morgan fingerprint density at radius 2 is 2.17 bits per heavy atom. The van der Waals surface area contributed by atoms with Crippen LogP contribution in [0.1, 0.15) is 16.1 Å². The topological polar surface area (TPSA) is 77.0 Å². The first-order valence-corrected chi connectivity index (χ1v) is 5.54. The van der Waals surface area contributed by atoms with E-state index < -0.39 is 0 Å². The summed E-state index contributed by atoms with van der Waals surface area (Å²) in [4.78, 5) is 17.4. The number of amides is 1. The summed E-state index contributed by atoms with van der Waals surface area (Å²) in [5, 5.41) is 4.19. The summed E-state index contributed by atoms with van der Waals surface area (Å²) in [6.07, 6.45) is 3.41. The van der Waals surface area contributed by atoms with Gasteiger partial charge in [0.05, 0.1) is 0 Å². The average Bonchev–Trinajstić information content (AvgIpc) is 2.87. The molecule has 0 saturated carbocycles. The second-order valence-corrected chi connectivity index (χ2v) is 4.07. The molecule has 0 saturated heterocycles. The zero-order valence-corrected chi connectivity index (χ0v) is 10.4. The van der Waals surface area contributed by atoms with Crippen LogP contribution in [0.4, 0.5) is 0 Å². The SMILES string of the molecule is CN(C)C(=O)c1ccn(-c2ccc(CN)cn2)n1. The van der Waals surface area contributed by atoms with Crippen LogP contribution in [-0.4, -0.2) is 39.7 Å². The number of carbonyl (C=O) groups excluding carboxylic acids is 1. The third-order valence-electron chi connectivity index (χ3n) is 2.49. The number of hydrogen-bond donors (Lipinski definition) is 1. The van der Waals surface area contributed by atoms with Gasteiger partial charge in [-0.2, -0.15) is 5.10 Å². The molecule has 0 aliphatic rings. The summed E-state index contributed by atoms with van der Waals surface area (Å²) >= 11 is 0. The predicted octanol–water partition coefficient (Wildman–Crippen LogP) is 0.428. The quantitative estimate of drug-likeness (QED) is 0.850. The van der Waals surface area contributed by atoms with Crippen LogP contribution in [0.15, 0.2) is 30.6 Å². The lowest BCUT2D eigenvalue weighted by atomic mass is 10.3. The van der Waals surface area contributed by atoms with Gasteiger partial charge in [-0.25, -0.2) is 9.67 Å². The maximum absolute atomic E-state index is 11.7. The molecule has 0 bridgehead atoms. The van der Waals surface area contributed by atoms with Crippen LogP contribution in [0.5, 0.6) is 0 Å². The van der Waals surface area contributed by atoms with Crippen molar-refractivity contribution in [2.75, 3.05) is 14.1 Å². The molecule has 0 fully saturated rings. The van der Waals surface area contributed by atoms with Crippen molar-refractivity contribution >= 4 is 5.91 Å². The number of hydrogen-bond acceptors (Lipinski definition) is 4. The van der Waals surface area contributed by atoms with Gasteiger partial charge >= 0.3 is 0 Å². The van der Waals surface area contributed by atoms with Crippen LogP contribution in [0.25, 0.3) is 5.82 Å². The maximum atomic E-state index is 11.7. The lowest BCUT2D eigenvalue weighted by Gasteiger charge is -2.06. The molecular formula is C12H15N5O. The van der Waals surface area contributed by atoms with E-state index in [-0.39, 0.29) is 5.91 Å². The van der Waals surface area contributed by atoms with Gasteiger partial charge in [0.2, 0.25) is 0 Å². The molecule has 0 atom stereocenters. The van der Waals surface area contributed by atoms with Crippen LogP contribution in [0, 0.1) is 0 Å². The Labute approximate surface area is 105 Å². The van der Waals surface area contributed by atoms with Crippen molar-refractivity contribution in [3.63, 3.8) is 0 Å². The van der Waals surface area contributed by atoms with Crippen LogP contribution in [0.3, 0.4) is 0 Å². The van der Waals surface area contributed by atoms with Crippen molar-refractivity contribution in [1.82, 2.24) is 19.7 Å². The molecule has 18 heavy (non-hydrogen) atoms. The van der Waals surface area contributed by atoms with Gasteiger partial charge in [0, 0.05) is 33.0 Å². The molecule has 2 heterocycles. The second-order valence-electron chi connectivity index (χ2n) is 4.07. The van der Waals surface area contributed by atoms with Gasteiger partial charge in [-0.1, -0.05) is 6.07 Å². The number of aromatic nitrogens is 3. The fraction of sp³-hybridized carbons (Fsp3) is 0.250. The third-order valence-corrected chi connectivity index (χ3v) is 2.49. The van der Waals surface area contributed by atoms with Crippen molar-refractivity contribution in [2.24, 2.45) is 5.73 Å². The van der Waals surface area contributed by atoms with Gasteiger partial charge in [-0.15, -0.1) is 0 Å². The molecule has 0 unspecified atom stereocenters. The average molecular weight is 245 g/mol. The molecule has 6 heteroatoms. The molecule has 2 aromatic rings. The number of carbonyl (C=O) groups is 1. The minimum absolute atomic E-state index is 0.132. The fourth-order valence-electron chi connectivity index (χ4n) is 1.47. The van der Waals surface area contributed by atoms with Crippen LogP contribution < -0.4 is 5.73 Å². The Balaban J connectivity index is 2.26. The Morgan fingerprint density at radius 3 is 2.72 bits per heavy atom. The number of nitrogens with two attached hydrogens (primary N) is 1. The van der Waals surface area contributed by atoms with Gasteiger partial charge in [0.25, 0.3) is 5.91 Å². The fourth-order valence-corrected chi connectivity index (χ4v) is 1.47. The summed E-state index contributed by atoms with van der Waals surface area (Å²) < 4.78 is 1.57. The van der Waals surface area contributed by atoms with E-state index in [0.29, 0.717) is 18.1 Å². The first kappa shape index (κ1) is 12.3. The molecule has 1 amide bonds. The lowest BCUT2D eigenvalue weighted by molar-refractivity contribution is 0.0821. The van der Waals surface area contributed by atoms with Crippen molar-refractivity contribution < 1.29 is 4.79 Å². The maximum Gasteiger partial charge on any atom is 0.273 e. The van der Waals surface area contributed by atoms with Gasteiger partial charge in [-0.05, 0) is 17.7 Å². The molecule has 2 aromatic heterocycles. The highest BCUT2D eigenvalue weighted by Gasteiger charge is 2.12. The number of nitrogens with zero attached hydrogens (tertiary/aromatic N) is 4. The molecule has 0 radical (unpaired) electrons. The highest BCUT2D eigenvalue weighted by molar-refractivity contribution is 5.91. The van der Waals surface area contributed by atoms with Gasteiger partial charge in [0.15, 0.2) is 11.5 Å². The Hall–Kier alpha value is -2.21. The standard InChI is InChI=1S/C12H15N5O/c1-16(2)12(18)10-5-6-17(15-10)11-4-3-9(7-13)8-14-11/h3-6,8H,7,13H2,1-2H3. The van der Waals surface area contributed by atoms with Crippen molar-refractivity contribution in [1.29, 1.82) is 0 Å². The van der Waals surface area contributed by atoms with E-state index in [9.17, 15) is 4.79 Å². The van der Waals surface area contributed by atoms with E-state index in [4.69, 9.17) is 5.73 Å². The van der Waals surface area contributed by atoms with Crippen LogP contribution in [-0.2, 0) is 6.54 Å². The third kappa shape index (κ3) is 2.38. The Kier molecular flexibility index (Phi) is 3.38. The summed E-state index contributed by atoms with van der Waals surface area (Å²) in [7, 11) is 3.38. The molecule has 0 aromatic carbocycles. The van der Waals surface area contributed by atoms with Crippen LogP contribution in [0.2, 0.25) is 0 Å². The van der Waals surface area contributed by atoms with Crippen molar-refractivity contribution in [3.05, 3.63) is 41.9 Å². The van der Waals surface area contributed by atoms with E-state index in [1.807, 2.05) is 12.1 Å². The van der Waals surface area contributed by atoms with E-state index in [0.717, 1.165) is 5.56 Å². The van der Waals surface area contributed by atoms with Gasteiger partial charge in [-0.3, -0.25) is 4.79 Å². The molecule has 0 spiro atoms. The largest absolute Gasteiger partial charge is 0.343 e. The van der Waals surface area contributed by atoms with E-state index >= 15 is 0 Å². The molecule has 0 aliphatic carbocycles. The normalized spacial score (nSPS) is 10.4. The molecule has 0 aliphatic heterocycles. The first-order chi connectivity index (χ1) is 8.61. The zero-order chi connectivity index (χ0) is 13.1. The molecule has 94 valence electrons.